The standard InChI is InChI=1S/C5H12ClNO2S/c1-5(2)7(4-6)10(3,8)9/h5H,4H2,1-3H3. The molecule has 0 aromatic rings. The van der Waals surface area contributed by atoms with Gasteiger partial charge in [-0.05, 0) is 13.8 Å². The Hall–Kier alpha value is 0.200. The van der Waals surface area contributed by atoms with Crippen LogP contribution in [0.15, 0.2) is 0 Å². The van der Waals surface area contributed by atoms with Crippen LogP contribution < -0.4 is 0 Å². The molecule has 0 aliphatic rings. The van der Waals surface area contributed by atoms with Crippen LogP contribution in [0.5, 0.6) is 0 Å². The molecule has 0 amide bonds. The summed E-state index contributed by atoms with van der Waals surface area (Å²) < 4.78 is 22.9. The highest BCUT2D eigenvalue weighted by molar-refractivity contribution is 7.88. The zero-order valence-electron chi connectivity index (χ0n) is 6.33. The Morgan fingerprint density at radius 1 is 1.50 bits per heavy atom. The first-order valence-corrected chi connectivity index (χ1v) is 5.30. The summed E-state index contributed by atoms with van der Waals surface area (Å²) in [6.45, 7) is 3.56. The molecule has 0 saturated heterocycles. The molecule has 0 aromatic carbocycles. The van der Waals surface area contributed by atoms with Crippen molar-refractivity contribution in [3.05, 3.63) is 0 Å². The fraction of sp³-hybridized carbons (Fsp3) is 1.00. The van der Waals surface area contributed by atoms with Crippen LogP contribution >= 0.6 is 11.6 Å². The van der Waals surface area contributed by atoms with Gasteiger partial charge in [0.05, 0.1) is 12.3 Å². The number of hydrogen-bond donors (Lipinski definition) is 0. The van der Waals surface area contributed by atoms with Crippen molar-refractivity contribution in [2.75, 3.05) is 12.3 Å². The van der Waals surface area contributed by atoms with Crippen molar-refractivity contribution < 1.29 is 8.42 Å². The predicted octanol–water partition coefficient (Wildman–Crippen LogP) is 0.853. The van der Waals surface area contributed by atoms with E-state index in [-0.39, 0.29) is 12.0 Å². The second-order valence-corrected chi connectivity index (χ2v) is 4.54. The van der Waals surface area contributed by atoms with Gasteiger partial charge in [0.1, 0.15) is 0 Å². The van der Waals surface area contributed by atoms with E-state index < -0.39 is 10.0 Å². The van der Waals surface area contributed by atoms with E-state index >= 15 is 0 Å². The lowest BCUT2D eigenvalue weighted by molar-refractivity contribution is 0.400. The number of alkyl halides is 1. The van der Waals surface area contributed by atoms with E-state index in [4.69, 9.17) is 11.6 Å². The van der Waals surface area contributed by atoms with Crippen LogP contribution in [0.3, 0.4) is 0 Å². The van der Waals surface area contributed by atoms with Crippen LogP contribution in [0.25, 0.3) is 0 Å². The lowest BCUT2D eigenvalue weighted by atomic mass is 10.4. The number of nitrogens with zero attached hydrogens (tertiary/aromatic N) is 1. The van der Waals surface area contributed by atoms with Gasteiger partial charge in [0.15, 0.2) is 0 Å². The Kier molecular flexibility index (Phi) is 3.62. The van der Waals surface area contributed by atoms with E-state index in [2.05, 4.69) is 0 Å². The molecular weight excluding hydrogens is 174 g/mol. The maximum absolute atomic E-state index is 10.8. The lowest BCUT2D eigenvalue weighted by Crippen LogP contribution is -2.34. The Labute approximate surface area is 67.0 Å². The minimum Gasteiger partial charge on any atom is -0.212 e. The third-order valence-corrected chi connectivity index (χ3v) is 2.92. The van der Waals surface area contributed by atoms with Crippen molar-refractivity contribution in [3.8, 4) is 0 Å². The summed E-state index contributed by atoms with van der Waals surface area (Å²) in [5, 5.41) is 0. The summed E-state index contributed by atoms with van der Waals surface area (Å²) in [6, 6.07) is -0.0382. The summed E-state index contributed by atoms with van der Waals surface area (Å²) in [4.78, 5) is 0. The Bertz CT molecular complexity index is 188. The molecule has 0 heterocycles. The van der Waals surface area contributed by atoms with Gasteiger partial charge in [-0.1, -0.05) is 0 Å². The van der Waals surface area contributed by atoms with E-state index in [1.165, 1.54) is 4.31 Å². The first kappa shape index (κ1) is 10.2. The molecule has 0 fully saturated rings. The molecule has 0 saturated carbocycles. The highest BCUT2D eigenvalue weighted by Gasteiger charge is 2.17. The fourth-order valence-corrected chi connectivity index (χ4v) is 2.36. The van der Waals surface area contributed by atoms with Crippen molar-refractivity contribution >= 4 is 21.6 Å². The quantitative estimate of drug-likeness (QED) is 0.483. The molecule has 0 aliphatic carbocycles. The molecule has 0 aliphatic heterocycles. The molecule has 10 heavy (non-hydrogen) atoms. The SMILES string of the molecule is CC(C)N(CCl)S(C)(=O)=O. The Morgan fingerprint density at radius 2 is 1.90 bits per heavy atom. The van der Waals surface area contributed by atoms with Crippen molar-refractivity contribution in [1.29, 1.82) is 0 Å². The largest absolute Gasteiger partial charge is 0.212 e. The fourth-order valence-electron chi connectivity index (χ4n) is 0.610. The van der Waals surface area contributed by atoms with Gasteiger partial charge < -0.3 is 0 Å². The number of halogens is 1. The molecule has 0 atom stereocenters. The summed E-state index contributed by atoms with van der Waals surface area (Å²) in [7, 11) is -3.11. The monoisotopic (exact) mass is 185 g/mol. The molecule has 0 rings (SSSR count). The first-order valence-electron chi connectivity index (χ1n) is 2.92. The van der Waals surface area contributed by atoms with Crippen LogP contribution in [-0.4, -0.2) is 31.0 Å². The van der Waals surface area contributed by atoms with Gasteiger partial charge in [0.2, 0.25) is 10.0 Å². The van der Waals surface area contributed by atoms with E-state index in [0.717, 1.165) is 6.26 Å². The van der Waals surface area contributed by atoms with Crippen LogP contribution in [-0.2, 0) is 10.0 Å². The molecule has 0 N–H and O–H groups in total. The molecule has 0 radical (unpaired) electrons. The van der Waals surface area contributed by atoms with Crippen LogP contribution in [0.4, 0.5) is 0 Å². The van der Waals surface area contributed by atoms with Gasteiger partial charge in [0, 0.05) is 6.04 Å². The van der Waals surface area contributed by atoms with Crippen LogP contribution in [0.2, 0.25) is 0 Å². The Balaban J connectivity index is 4.38. The minimum absolute atomic E-state index is 0.0243. The maximum Gasteiger partial charge on any atom is 0.212 e. The molecule has 3 nitrogen and oxygen atoms in total. The zero-order valence-corrected chi connectivity index (χ0v) is 7.91. The molecule has 62 valence electrons. The molecule has 5 heteroatoms. The van der Waals surface area contributed by atoms with Crippen molar-refractivity contribution in [3.63, 3.8) is 0 Å². The normalized spacial score (nSPS) is 13.0. The second-order valence-electron chi connectivity index (χ2n) is 2.36. The highest BCUT2D eigenvalue weighted by atomic mass is 35.5. The molecule has 0 spiro atoms. The molecule has 0 bridgehead atoms. The highest BCUT2D eigenvalue weighted by Crippen LogP contribution is 2.04. The topological polar surface area (TPSA) is 37.4 Å². The number of sulfonamides is 1. The third kappa shape index (κ3) is 2.86. The smallest absolute Gasteiger partial charge is 0.212 e. The molecule has 0 aromatic heterocycles. The van der Waals surface area contributed by atoms with Crippen molar-refractivity contribution in [2.24, 2.45) is 0 Å². The summed E-state index contributed by atoms with van der Waals surface area (Å²) in [5.41, 5.74) is 0. The van der Waals surface area contributed by atoms with E-state index in [1.54, 1.807) is 13.8 Å². The van der Waals surface area contributed by atoms with Crippen LogP contribution in [0.1, 0.15) is 13.8 Å². The number of rotatable bonds is 3. The van der Waals surface area contributed by atoms with E-state index in [1.807, 2.05) is 0 Å². The average molecular weight is 186 g/mol. The Morgan fingerprint density at radius 3 is 1.90 bits per heavy atom. The first-order chi connectivity index (χ1) is 4.39. The lowest BCUT2D eigenvalue weighted by Gasteiger charge is -2.20. The molecular formula is C5H12ClNO2S. The van der Waals surface area contributed by atoms with Crippen molar-refractivity contribution in [2.45, 2.75) is 19.9 Å². The number of hydrogen-bond acceptors (Lipinski definition) is 2. The predicted molar refractivity (Wildman–Crippen MR) is 42.5 cm³/mol. The van der Waals surface area contributed by atoms with Crippen molar-refractivity contribution in [1.82, 2.24) is 4.31 Å². The van der Waals surface area contributed by atoms with E-state index in [9.17, 15) is 8.42 Å². The van der Waals surface area contributed by atoms with Gasteiger partial charge in [0.25, 0.3) is 0 Å². The summed E-state index contributed by atoms with van der Waals surface area (Å²) in [6.07, 6.45) is 1.15. The second kappa shape index (κ2) is 3.55. The minimum atomic E-state index is -3.11. The maximum atomic E-state index is 10.8. The third-order valence-electron chi connectivity index (χ3n) is 1.12. The molecule has 0 unspecified atom stereocenters. The van der Waals surface area contributed by atoms with E-state index in [0.29, 0.717) is 0 Å². The van der Waals surface area contributed by atoms with Crippen LogP contribution in [0, 0.1) is 0 Å². The van der Waals surface area contributed by atoms with Gasteiger partial charge in [-0.3, -0.25) is 0 Å². The summed E-state index contributed by atoms with van der Waals surface area (Å²) in [5.74, 6) is 0. The van der Waals surface area contributed by atoms with Gasteiger partial charge in [-0.15, -0.1) is 11.6 Å². The van der Waals surface area contributed by atoms with Gasteiger partial charge in [-0.2, -0.15) is 4.31 Å². The summed E-state index contributed by atoms with van der Waals surface area (Å²) >= 11 is 5.39. The average Bonchev–Trinajstić information content (AvgIpc) is 1.60. The van der Waals surface area contributed by atoms with Gasteiger partial charge in [-0.25, -0.2) is 8.42 Å². The zero-order chi connectivity index (χ0) is 8.36. The van der Waals surface area contributed by atoms with Gasteiger partial charge >= 0.3 is 0 Å².